The van der Waals surface area contributed by atoms with Gasteiger partial charge in [0.2, 0.25) is 5.91 Å². The van der Waals surface area contributed by atoms with Crippen LogP contribution in [0.25, 0.3) is 0 Å². The van der Waals surface area contributed by atoms with Crippen molar-refractivity contribution in [1.29, 1.82) is 0 Å². The van der Waals surface area contributed by atoms with Crippen LogP contribution in [0, 0.1) is 17.3 Å². The van der Waals surface area contributed by atoms with E-state index in [9.17, 15) is 14.7 Å². The number of nitrogens with zero attached hydrogens (tertiary/aromatic N) is 1. The van der Waals surface area contributed by atoms with Gasteiger partial charge in [0.05, 0.1) is 11.3 Å². The van der Waals surface area contributed by atoms with Crippen molar-refractivity contribution in [2.24, 2.45) is 23.0 Å². The van der Waals surface area contributed by atoms with Crippen LogP contribution < -0.4 is 5.73 Å². The van der Waals surface area contributed by atoms with Crippen LogP contribution in [0.15, 0.2) is 0 Å². The van der Waals surface area contributed by atoms with Crippen LogP contribution in [0.5, 0.6) is 0 Å². The molecule has 0 bridgehead atoms. The molecule has 2 rings (SSSR count). The molecule has 3 atom stereocenters. The number of carboxylic acid groups (broad SMARTS) is 1. The lowest BCUT2D eigenvalue weighted by molar-refractivity contribution is -0.151. The third-order valence-corrected chi connectivity index (χ3v) is 5.03. The molecule has 1 heterocycles. The van der Waals surface area contributed by atoms with Gasteiger partial charge in [0, 0.05) is 19.1 Å². The molecular weight excluding hydrogens is 244 g/mol. The molecule has 0 radical (unpaired) electrons. The SMILES string of the molecule is CC(C)C1(C(=O)O)CCN(C(=O)C2CCCC2N)C1. The van der Waals surface area contributed by atoms with Crippen molar-refractivity contribution in [1.82, 2.24) is 4.90 Å². The molecule has 2 fully saturated rings. The average molecular weight is 268 g/mol. The third-order valence-electron chi connectivity index (χ3n) is 5.03. The van der Waals surface area contributed by atoms with Crippen LogP contribution in [0.2, 0.25) is 0 Å². The summed E-state index contributed by atoms with van der Waals surface area (Å²) in [6.45, 7) is 4.72. The summed E-state index contributed by atoms with van der Waals surface area (Å²) in [4.78, 5) is 25.7. The molecule has 0 aromatic carbocycles. The summed E-state index contributed by atoms with van der Waals surface area (Å²) < 4.78 is 0. The van der Waals surface area contributed by atoms with Crippen molar-refractivity contribution >= 4 is 11.9 Å². The zero-order chi connectivity index (χ0) is 14.2. The molecule has 5 heteroatoms. The number of hydrogen-bond donors (Lipinski definition) is 2. The summed E-state index contributed by atoms with van der Waals surface area (Å²) in [6.07, 6.45) is 3.30. The largest absolute Gasteiger partial charge is 0.481 e. The number of carbonyl (C=O) groups is 2. The van der Waals surface area contributed by atoms with Crippen molar-refractivity contribution in [3.8, 4) is 0 Å². The van der Waals surface area contributed by atoms with Crippen LogP contribution >= 0.6 is 0 Å². The van der Waals surface area contributed by atoms with Gasteiger partial charge in [-0.15, -0.1) is 0 Å². The number of aliphatic carboxylic acids is 1. The smallest absolute Gasteiger partial charge is 0.311 e. The Morgan fingerprint density at radius 2 is 2.05 bits per heavy atom. The van der Waals surface area contributed by atoms with E-state index in [4.69, 9.17) is 5.73 Å². The molecule has 108 valence electrons. The van der Waals surface area contributed by atoms with Gasteiger partial charge >= 0.3 is 5.97 Å². The van der Waals surface area contributed by atoms with Gasteiger partial charge in [0.15, 0.2) is 0 Å². The minimum atomic E-state index is -0.784. The Labute approximate surface area is 114 Å². The highest BCUT2D eigenvalue weighted by molar-refractivity contribution is 5.83. The number of rotatable bonds is 3. The summed E-state index contributed by atoms with van der Waals surface area (Å²) >= 11 is 0. The lowest BCUT2D eigenvalue weighted by atomic mass is 9.76. The van der Waals surface area contributed by atoms with Crippen LogP contribution in [-0.2, 0) is 9.59 Å². The van der Waals surface area contributed by atoms with E-state index in [0.717, 1.165) is 19.3 Å². The second-order valence-corrected chi connectivity index (χ2v) is 6.33. The maximum atomic E-state index is 12.4. The molecule has 1 saturated heterocycles. The summed E-state index contributed by atoms with van der Waals surface area (Å²) in [5.74, 6) is -0.792. The van der Waals surface area contributed by atoms with Gasteiger partial charge in [-0.2, -0.15) is 0 Å². The van der Waals surface area contributed by atoms with Crippen molar-refractivity contribution in [3.05, 3.63) is 0 Å². The van der Waals surface area contributed by atoms with Crippen molar-refractivity contribution in [2.45, 2.75) is 45.6 Å². The number of carboxylic acids is 1. The lowest BCUT2D eigenvalue weighted by Gasteiger charge is -2.29. The predicted octanol–water partition coefficient (Wildman–Crippen LogP) is 1.07. The van der Waals surface area contributed by atoms with E-state index in [2.05, 4.69) is 0 Å². The lowest BCUT2D eigenvalue weighted by Crippen LogP contribution is -2.44. The molecule has 1 saturated carbocycles. The minimum Gasteiger partial charge on any atom is -0.481 e. The molecule has 1 aliphatic carbocycles. The first-order chi connectivity index (χ1) is 8.88. The minimum absolute atomic E-state index is 0.0278. The van der Waals surface area contributed by atoms with Crippen LogP contribution in [0.4, 0.5) is 0 Å². The topological polar surface area (TPSA) is 83.6 Å². The van der Waals surface area contributed by atoms with E-state index in [0.29, 0.717) is 19.5 Å². The Morgan fingerprint density at radius 3 is 2.47 bits per heavy atom. The van der Waals surface area contributed by atoms with E-state index in [1.54, 1.807) is 4.90 Å². The van der Waals surface area contributed by atoms with Gasteiger partial charge in [-0.25, -0.2) is 0 Å². The van der Waals surface area contributed by atoms with Crippen molar-refractivity contribution < 1.29 is 14.7 Å². The maximum Gasteiger partial charge on any atom is 0.311 e. The van der Waals surface area contributed by atoms with Crippen molar-refractivity contribution in [2.75, 3.05) is 13.1 Å². The molecule has 0 aromatic rings. The Kier molecular flexibility index (Phi) is 3.85. The summed E-state index contributed by atoms with van der Waals surface area (Å²) in [7, 11) is 0. The molecule has 19 heavy (non-hydrogen) atoms. The van der Waals surface area contributed by atoms with Gasteiger partial charge in [0.25, 0.3) is 0 Å². The Balaban J connectivity index is 2.09. The van der Waals surface area contributed by atoms with Gasteiger partial charge in [0.1, 0.15) is 0 Å². The zero-order valence-corrected chi connectivity index (χ0v) is 11.8. The summed E-state index contributed by atoms with van der Waals surface area (Å²) in [5.41, 5.74) is 5.19. The van der Waals surface area contributed by atoms with Gasteiger partial charge in [-0.05, 0) is 25.2 Å². The molecule has 0 aromatic heterocycles. The Hall–Kier alpha value is -1.10. The fourth-order valence-corrected chi connectivity index (χ4v) is 3.44. The van der Waals surface area contributed by atoms with Gasteiger partial charge < -0.3 is 15.7 Å². The maximum absolute atomic E-state index is 12.4. The van der Waals surface area contributed by atoms with Crippen LogP contribution in [0.1, 0.15) is 39.5 Å². The van der Waals surface area contributed by atoms with Crippen LogP contribution in [0.3, 0.4) is 0 Å². The van der Waals surface area contributed by atoms with E-state index in [1.165, 1.54) is 0 Å². The number of hydrogen-bond acceptors (Lipinski definition) is 3. The first-order valence-corrected chi connectivity index (χ1v) is 7.16. The molecule has 1 aliphatic heterocycles. The van der Waals surface area contributed by atoms with E-state index >= 15 is 0 Å². The normalized spacial score (nSPS) is 35.1. The number of likely N-dealkylation sites (tertiary alicyclic amines) is 1. The monoisotopic (exact) mass is 268 g/mol. The number of amides is 1. The molecule has 2 aliphatic rings. The standard InChI is InChI=1S/C14H24N2O3/c1-9(2)14(13(18)19)6-7-16(8-14)12(17)10-4-3-5-11(10)15/h9-11H,3-8,15H2,1-2H3,(H,18,19). The summed E-state index contributed by atoms with van der Waals surface area (Å²) in [6, 6.07) is -0.0496. The highest BCUT2D eigenvalue weighted by Crippen LogP contribution is 2.39. The highest BCUT2D eigenvalue weighted by Gasteiger charge is 2.49. The van der Waals surface area contributed by atoms with Gasteiger partial charge in [-0.3, -0.25) is 9.59 Å². The second kappa shape index (κ2) is 5.12. The molecule has 1 amide bonds. The second-order valence-electron chi connectivity index (χ2n) is 6.33. The quantitative estimate of drug-likeness (QED) is 0.802. The third kappa shape index (κ3) is 2.36. The highest BCUT2D eigenvalue weighted by atomic mass is 16.4. The average Bonchev–Trinajstić information content (AvgIpc) is 2.94. The number of nitrogens with two attached hydrogens (primary N) is 1. The van der Waals surface area contributed by atoms with E-state index in [-0.39, 0.29) is 23.8 Å². The molecular formula is C14H24N2O3. The molecule has 3 unspecified atom stereocenters. The fourth-order valence-electron chi connectivity index (χ4n) is 3.44. The first-order valence-electron chi connectivity index (χ1n) is 7.16. The van der Waals surface area contributed by atoms with Gasteiger partial charge in [-0.1, -0.05) is 20.3 Å². The van der Waals surface area contributed by atoms with E-state index in [1.807, 2.05) is 13.8 Å². The summed E-state index contributed by atoms with van der Waals surface area (Å²) in [5, 5.41) is 9.49. The molecule has 3 N–H and O–H groups in total. The molecule has 5 nitrogen and oxygen atoms in total. The predicted molar refractivity (Wildman–Crippen MR) is 71.4 cm³/mol. The van der Waals surface area contributed by atoms with E-state index < -0.39 is 11.4 Å². The van der Waals surface area contributed by atoms with Crippen molar-refractivity contribution in [3.63, 3.8) is 0 Å². The fraction of sp³-hybridized carbons (Fsp3) is 0.857. The molecule has 0 spiro atoms. The Bertz CT molecular complexity index is 383. The van der Waals surface area contributed by atoms with Crippen LogP contribution in [-0.4, -0.2) is 41.0 Å². The zero-order valence-electron chi connectivity index (χ0n) is 11.8. The Morgan fingerprint density at radius 1 is 1.37 bits per heavy atom. The number of carbonyl (C=O) groups excluding carboxylic acids is 1. The first kappa shape index (κ1) is 14.3.